The Bertz CT molecular complexity index is 200. The normalized spacial score (nSPS) is 14.4. The van der Waals surface area contributed by atoms with E-state index in [1.165, 1.54) is 0 Å². The number of nitrogens with one attached hydrogen (secondary N) is 1. The van der Waals surface area contributed by atoms with Crippen LogP contribution in [-0.4, -0.2) is 30.3 Å². The summed E-state index contributed by atoms with van der Waals surface area (Å²) in [6.45, 7) is 5.00. The molecule has 0 radical (unpaired) electrons. The second-order valence-corrected chi connectivity index (χ2v) is 4.31. The highest BCUT2D eigenvalue weighted by atomic mass is 16.5. The lowest BCUT2D eigenvalue weighted by Crippen LogP contribution is -2.38. The number of ether oxygens (including phenoxy) is 1. The number of hydrazine groups is 1. The number of aliphatic hydroxyl groups excluding tert-OH is 1. The second kappa shape index (κ2) is 10.5. The van der Waals surface area contributed by atoms with Crippen LogP contribution in [0.2, 0.25) is 0 Å². The van der Waals surface area contributed by atoms with Gasteiger partial charge in [-0.2, -0.15) is 0 Å². The van der Waals surface area contributed by atoms with Crippen molar-refractivity contribution in [2.24, 2.45) is 11.8 Å². The standard InChI is InChI=1S/C12H26N2O3/c1-3-5-6-10(12(16)14-13)8-11(15)9-17-7-4-2/h10-11,15H,3-9,13H2,1-2H3,(H,14,16)/t10-,11-/m0/s1. The van der Waals surface area contributed by atoms with Gasteiger partial charge in [-0.3, -0.25) is 10.2 Å². The molecule has 1 amide bonds. The number of carbonyl (C=O) groups is 1. The highest BCUT2D eigenvalue weighted by molar-refractivity contribution is 5.77. The highest BCUT2D eigenvalue weighted by Crippen LogP contribution is 2.15. The van der Waals surface area contributed by atoms with Crippen LogP contribution < -0.4 is 11.3 Å². The summed E-state index contributed by atoms with van der Waals surface area (Å²) in [5.74, 6) is 4.71. The molecule has 0 aromatic heterocycles. The third-order valence-electron chi connectivity index (χ3n) is 2.63. The molecular formula is C12H26N2O3. The van der Waals surface area contributed by atoms with Gasteiger partial charge in [-0.15, -0.1) is 0 Å². The molecule has 0 aliphatic heterocycles. The smallest absolute Gasteiger partial charge is 0.237 e. The Morgan fingerprint density at radius 3 is 2.65 bits per heavy atom. The first kappa shape index (κ1) is 16.4. The number of nitrogens with two attached hydrogens (primary N) is 1. The van der Waals surface area contributed by atoms with E-state index in [2.05, 4.69) is 12.3 Å². The fourth-order valence-electron chi connectivity index (χ4n) is 1.68. The third kappa shape index (κ3) is 8.12. The largest absolute Gasteiger partial charge is 0.391 e. The van der Waals surface area contributed by atoms with E-state index in [1.807, 2.05) is 6.92 Å². The summed E-state index contributed by atoms with van der Waals surface area (Å²) in [6.07, 6.45) is 3.48. The van der Waals surface area contributed by atoms with E-state index in [0.29, 0.717) is 13.0 Å². The minimum absolute atomic E-state index is 0.201. The lowest BCUT2D eigenvalue weighted by atomic mass is 9.95. The van der Waals surface area contributed by atoms with Crippen molar-refractivity contribution >= 4 is 5.91 Å². The first-order chi connectivity index (χ1) is 8.15. The Balaban J connectivity index is 3.98. The van der Waals surface area contributed by atoms with Crippen LogP contribution >= 0.6 is 0 Å². The molecule has 0 spiro atoms. The van der Waals surface area contributed by atoms with Crippen LogP contribution in [-0.2, 0) is 9.53 Å². The van der Waals surface area contributed by atoms with E-state index in [1.54, 1.807) is 0 Å². The molecule has 0 aliphatic rings. The molecular weight excluding hydrogens is 220 g/mol. The first-order valence-corrected chi connectivity index (χ1v) is 6.41. The summed E-state index contributed by atoms with van der Waals surface area (Å²) >= 11 is 0. The first-order valence-electron chi connectivity index (χ1n) is 6.41. The van der Waals surface area contributed by atoms with Crippen molar-refractivity contribution in [1.82, 2.24) is 5.43 Å². The zero-order valence-electron chi connectivity index (χ0n) is 10.9. The van der Waals surface area contributed by atoms with Gasteiger partial charge in [-0.1, -0.05) is 26.7 Å². The van der Waals surface area contributed by atoms with Gasteiger partial charge in [0.05, 0.1) is 12.7 Å². The molecule has 0 unspecified atom stereocenters. The average Bonchev–Trinajstić information content (AvgIpc) is 2.33. The monoisotopic (exact) mass is 246 g/mol. The number of carbonyl (C=O) groups excluding carboxylic acids is 1. The van der Waals surface area contributed by atoms with Gasteiger partial charge in [0, 0.05) is 12.5 Å². The maximum atomic E-state index is 11.5. The van der Waals surface area contributed by atoms with Gasteiger partial charge in [0.1, 0.15) is 0 Å². The zero-order chi connectivity index (χ0) is 13.1. The number of unbranched alkanes of at least 4 members (excludes halogenated alkanes) is 1. The Morgan fingerprint density at radius 2 is 2.12 bits per heavy atom. The molecule has 0 aromatic carbocycles. The second-order valence-electron chi connectivity index (χ2n) is 4.31. The Labute approximate surface area is 104 Å². The van der Waals surface area contributed by atoms with Crippen LogP contribution in [0.4, 0.5) is 0 Å². The molecule has 0 fully saturated rings. The SMILES string of the molecule is CCCC[C@@H](C[C@H](O)COCCC)C(=O)NN. The highest BCUT2D eigenvalue weighted by Gasteiger charge is 2.20. The molecule has 0 saturated heterocycles. The summed E-state index contributed by atoms with van der Waals surface area (Å²) in [5.41, 5.74) is 2.16. The maximum absolute atomic E-state index is 11.5. The van der Waals surface area contributed by atoms with E-state index < -0.39 is 6.10 Å². The summed E-state index contributed by atoms with van der Waals surface area (Å²) in [6, 6.07) is 0. The third-order valence-corrected chi connectivity index (χ3v) is 2.63. The van der Waals surface area contributed by atoms with Gasteiger partial charge in [0.25, 0.3) is 0 Å². The summed E-state index contributed by atoms with van der Waals surface area (Å²) in [4.78, 5) is 11.5. The molecule has 0 heterocycles. The Kier molecular flexibility index (Phi) is 10.1. The minimum atomic E-state index is -0.597. The molecule has 2 atom stereocenters. The molecule has 0 bridgehead atoms. The quantitative estimate of drug-likeness (QED) is 0.232. The van der Waals surface area contributed by atoms with E-state index in [-0.39, 0.29) is 18.4 Å². The molecule has 0 rings (SSSR count). The predicted octanol–water partition coefficient (Wildman–Crippen LogP) is 0.960. The van der Waals surface area contributed by atoms with Gasteiger partial charge >= 0.3 is 0 Å². The van der Waals surface area contributed by atoms with Gasteiger partial charge in [0.2, 0.25) is 5.91 Å². The number of aliphatic hydroxyl groups is 1. The molecule has 4 N–H and O–H groups in total. The molecule has 102 valence electrons. The van der Waals surface area contributed by atoms with Gasteiger partial charge in [-0.25, -0.2) is 5.84 Å². The van der Waals surface area contributed by atoms with E-state index >= 15 is 0 Å². The van der Waals surface area contributed by atoms with Crippen molar-refractivity contribution in [2.45, 2.75) is 52.1 Å². The summed E-state index contributed by atoms with van der Waals surface area (Å²) in [7, 11) is 0. The molecule has 0 saturated carbocycles. The lowest BCUT2D eigenvalue weighted by Gasteiger charge is -2.18. The maximum Gasteiger partial charge on any atom is 0.237 e. The van der Waals surface area contributed by atoms with Crippen molar-refractivity contribution in [3.63, 3.8) is 0 Å². The van der Waals surface area contributed by atoms with Crippen LogP contribution in [0.5, 0.6) is 0 Å². The molecule has 17 heavy (non-hydrogen) atoms. The zero-order valence-corrected chi connectivity index (χ0v) is 10.9. The average molecular weight is 246 g/mol. The van der Waals surface area contributed by atoms with E-state index in [0.717, 1.165) is 25.7 Å². The Morgan fingerprint density at radius 1 is 1.41 bits per heavy atom. The predicted molar refractivity (Wildman–Crippen MR) is 67.1 cm³/mol. The minimum Gasteiger partial charge on any atom is -0.391 e. The Hall–Kier alpha value is -0.650. The number of amides is 1. The van der Waals surface area contributed by atoms with Gasteiger partial charge in [-0.05, 0) is 19.3 Å². The van der Waals surface area contributed by atoms with Crippen molar-refractivity contribution < 1.29 is 14.6 Å². The number of rotatable bonds is 10. The van der Waals surface area contributed by atoms with Crippen LogP contribution in [0, 0.1) is 5.92 Å². The lowest BCUT2D eigenvalue weighted by molar-refractivity contribution is -0.126. The van der Waals surface area contributed by atoms with Crippen molar-refractivity contribution in [3.05, 3.63) is 0 Å². The fraction of sp³-hybridized carbons (Fsp3) is 0.917. The van der Waals surface area contributed by atoms with Crippen LogP contribution in [0.3, 0.4) is 0 Å². The van der Waals surface area contributed by atoms with Crippen LogP contribution in [0.15, 0.2) is 0 Å². The van der Waals surface area contributed by atoms with Gasteiger partial charge in [0.15, 0.2) is 0 Å². The molecule has 0 aromatic rings. The summed E-state index contributed by atoms with van der Waals surface area (Å²) < 4.78 is 5.25. The topological polar surface area (TPSA) is 84.6 Å². The van der Waals surface area contributed by atoms with Crippen molar-refractivity contribution in [2.75, 3.05) is 13.2 Å². The number of hydrogen-bond acceptors (Lipinski definition) is 4. The molecule has 5 nitrogen and oxygen atoms in total. The van der Waals surface area contributed by atoms with Crippen LogP contribution in [0.1, 0.15) is 46.0 Å². The van der Waals surface area contributed by atoms with Crippen molar-refractivity contribution in [3.8, 4) is 0 Å². The van der Waals surface area contributed by atoms with Crippen molar-refractivity contribution in [1.29, 1.82) is 0 Å². The molecule has 5 heteroatoms. The number of hydrogen-bond donors (Lipinski definition) is 3. The molecule has 0 aliphatic carbocycles. The summed E-state index contributed by atoms with van der Waals surface area (Å²) in [5, 5.41) is 9.74. The fourth-order valence-corrected chi connectivity index (χ4v) is 1.68. The van der Waals surface area contributed by atoms with E-state index in [4.69, 9.17) is 10.6 Å². The van der Waals surface area contributed by atoms with Crippen LogP contribution in [0.25, 0.3) is 0 Å². The van der Waals surface area contributed by atoms with E-state index in [9.17, 15) is 9.90 Å². The van der Waals surface area contributed by atoms with Gasteiger partial charge < -0.3 is 9.84 Å².